The lowest BCUT2D eigenvalue weighted by molar-refractivity contribution is 0.272. The van der Waals surface area contributed by atoms with Crippen molar-refractivity contribution < 1.29 is 18.8 Å². The van der Waals surface area contributed by atoms with Crippen molar-refractivity contribution in [3.05, 3.63) is 120 Å². The van der Waals surface area contributed by atoms with Crippen molar-refractivity contribution >= 4 is 56.7 Å². The molecule has 4 heterocycles. The summed E-state index contributed by atoms with van der Waals surface area (Å²) in [6, 6.07) is 26.4. The Morgan fingerprint density at radius 2 is 1.56 bits per heavy atom. The lowest BCUT2D eigenvalue weighted by Gasteiger charge is -2.27. The van der Waals surface area contributed by atoms with Crippen LogP contribution in [0.5, 0.6) is 17.2 Å². The van der Waals surface area contributed by atoms with Gasteiger partial charge in [0.05, 0.1) is 36.6 Å². The number of fused-ring (bicyclic) bond motifs is 3. The van der Waals surface area contributed by atoms with Crippen LogP contribution in [0.3, 0.4) is 0 Å². The number of hydrogen-bond donors (Lipinski definition) is 2. The molecule has 10 nitrogen and oxygen atoms in total. The predicted molar refractivity (Wildman–Crippen MR) is 200 cm³/mol. The number of aromatic nitrogens is 4. The van der Waals surface area contributed by atoms with Crippen molar-refractivity contribution in [2.24, 2.45) is 0 Å². The molecule has 0 aliphatic heterocycles. The van der Waals surface area contributed by atoms with E-state index in [4.69, 9.17) is 24.9 Å². The average Bonchev–Trinajstić information content (AvgIpc) is 3.70. The highest BCUT2D eigenvalue weighted by Crippen LogP contribution is 2.40. The van der Waals surface area contributed by atoms with E-state index < -0.39 is 7.29 Å². The van der Waals surface area contributed by atoms with Gasteiger partial charge in [0.25, 0.3) is 0 Å². The number of rotatable bonds is 13. The number of nitrogens with two attached hydrogens (primary N) is 1. The monoisotopic (exact) mass is 702 g/mol. The second-order valence-electron chi connectivity index (χ2n) is 11.6. The molecule has 0 saturated carbocycles. The standard InChI is InChI=1S/C38H35N6O4PS/c1-46-35-19-31-30-18-33(43-38(39)32(30)23-42-34(31)20-36(35)47-2)25-17-27(22-40-21-25)48-24-26(13-14-37-41-15-16-50-37)44-49(45,28-9-5-3-6-10-28)29-11-7-4-8-12-29/h3-12,15-23,26H,13-14,24H2,1-2H3,(H2,39,43)(H,44,45)/t26-/m0/s1. The predicted octanol–water partition coefficient (Wildman–Crippen LogP) is 6.80. The van der Waals surface area contributed by atoms with Gasteiger partial charge in [-0.15, -0.1) is 11.3 Å². The molecule has 0 aliphatic rings. The minimum atomic E-state index is -3.23. The van der Waals surface area contributed by atoms with E-state index in [9.17, 15) is 4.57 Å². The van der Waals surface area contributed by atoms with Crippen LogP contribution in [0.2, 0.25) is 0 Å². The van der Waals surface area contributed by atoms with Crippen molar-refractivity contribution in [1.82, 2.24) is 25.0 Å². The van der Waals surface area contributed by atoms with E-state index in [1.54, 1.807) is 50.3 Å². The summed E-state index contributed by atoms with van der Waals surface area (Å²) in [5.74, 6) is 2.07. The van der Waals surface area contributed by atoms with Crippen LogP contribution < -0.4 is 35.6 Å². The number of anilines is 1. The lowest BCUT2D eigenvalue weighted by atomic mass is 10.0. The molecule has 0 radical (unpaired) electrons. The molecule has 7 aromatic rings. The quantitative estimate of drug-likeness (QED) is 0.0976. The van der Waals surface area contributed by atoms with Gasteiger partial charge in [-0.3, -0.25) is 19.6 Å². The second kappa shape index (κ2) is 14.6. The third kappa shape index (κ3) is 6.89. The molecule has 0 unspecified atom stereocenters. The largest absolute Gasteiger partial charge is 0.493 e. The summed E-state index contributed by atoms with van der Waals surface area (Å²) in [5.41, 5.74) is 8.58. The van der Waals surface area contributed by atoms with Crippen LogP contribution in [0.15, 0.2) is 115 Å². The topological polar surface area (TPSA) is 134 Å². The highest BCUT2D eigenvalue weighted by Gasteiger charge is 2.30. The highest BCUT2D eigenvalue weighted by atomic mass is 32.1. The number of hydrogen-bond acceptors (Lipinski definition) is 10. The van der Waals surface area contributed by atoms with Crippen LogP contribution in [0.1, 0.15) is 11.4 Å². The summed E-state index contributed by atoms with van der Waals surface area (Å²) in [4.78, 5) is 18.2. The number of nitrogen functional groups attached to an aromatic ring is 1. The van der Waals surface area contributed by atoms with E-state index in [0.29, 0.717) is 41.6 Å². The van der Waals surface area contributed by atoms with Crippen molar-refractivity contribution in [1.29, 1.82) is 0 Å². The van der Waals surface area contributed by atoms with Crippen LogP contribution in [0, 0.1) is 0 Å². The Bertz CT molecular complexity index is 2250. The van der Waals surface area contributed by atoms with E-state index in [0.717, 1.165) is 42.9 Å². The normalized spacial score (nSPS) is 12.2. The summed E-state index contributed by atoms with van der Waals surface area (Å²) in [7, 11) is -0.0406. The van der Waals surface area contributed by atoms with Gasteiger partial charge in [-0.25, -0.2) is 9.97 Å². The van der Waals surface area contributed by atoms with Gasteiger partial charge < -0.3 is 19.9 Å². The second-order valence-corrected chi connectivity index (χ2v) is 15.1. The van der Waals surface area contributed by atoms with Gasteiger partial charge in [0, 0.05) is 69.4 Å². The van der Waals surface area contributed by atoms with Gasteiger partial charge in [0.15, 0.2) is 11.5 Å². The Hall–Kier alpha value is -5.35. The number of nitrogens with one attached hydrogen (secondary N) is 1. The number of pyridine rings is 3. The zero-order valence-corrected chi connectivity index (χ0v) is 29.2. The minimum absolute atomic E-state index is 0.241. The first kappa shape index (κ1) is 33.2. The molecule has 12 heteroatoms. The first-order valence-corrected chi connectivity index (χ1v) is 18.6. The number of benzene rings is 3. The van der Waals surface area contributed by atoms with Gasteiger partial charge in [-0.1, -0.05) is 36.4 Å². The van der Waals surface area contributed by atoms with Crippen LogP contribution in [-0.2, 0) is 11.0 Å². The molecule has 0 spiro atoms. The molecule has 0 aliphatic carbocycles. The van der Waals surface area contributed by atoms with Gasteiger partial charge >= 0.3 is 0 Å². The Morgan fingerprint density at radius 3 is 2.24 bits per heavy atom. The summed E-state index contributed by atoms with van der Waals surface area (Å²) >= 11 is 1.60. The van der Waals surface area contributed by atoms with E-state index in [2.05, 4.69) is 20.0 Å². The Morgan fingerprint density at radius 1 is 0.840 bits per heavy atom. The van der Waals surface area contributed by atoms with Gasteiger partial charge in [0.1, 0.15) is 18.2 Å². The summed E-state index contributed by atoms with van der Waals surface area (Å²) in [6.45, 7) is 0.241. The van der Waals surface area contributed by atoms with Crippen LogP contribution in [-0.4, -0.2) is 46.8 Å². The maximum atomic E-state index is 14.9. The van der Waals surface area contributed by atoms with E-state index in [-0.39, 0.29) is 12.6 Å². The summed E-state index contributed by atoms with van der Waals surface area (Å²) < 4.78 is 32.4. The summed E-state index contributed by atoms with van der Waals surface area (Å²) in [5, 5.41) is 10.4. The minimum Gasteiger partial charge on any atom is -0.493 e. The van der Waals surface area contributed by atoms with Crippen molar-refractivity contribution in [3.63, 3.8) is 0 Å². The van der Waals surface area contributed by atoms with Crippen molar-refractivity contribution in [3.8, 4) is 28.5 Å². The average molecular weight is 703 g/mol. The number of aryl methyl sites for hydroxylation is 1. The van der Waals surface area contributed by atoms with E-state index in [1.807, 2.05) is 90.3 Å². The zero-order chi connectivity index (χ0) is 34.5. The SMILES string of the molecule is COc1cc2ncc3c(N)nc(-c4cncc(OC[C@H](CCc5nccs5)NP(=O)(c5ccccc5)c5ccccc5)c4)cc3c2cc1OC. The van der Waals surface area contributed by atoms with E-state index in [1.165, 1.54) is 0 Å². The molecule has 4 aromatic heterocycles. The van der Waals surface area contributed by atoms with Crippen molar-refractivity contribution in [2.75, 3.05) is 26.6 Å². The van der Waals surface area contributed by atoms with E-state index >= 15 is 0 Å². The Balaban J connectivity index is 1.19. The van der Waals surface area contributed by atoms with Crippen LogP contribution in [0.25, 0.3) is 32.9 Å². The van der Waals surface area contributed by atoms with Gasteiger partial charge in [0.2, 0.25) is 7.29 Å². The van der Waals surface area contributed by atoms with Gasteiger partial charge in [-0.2, -0.15) is 0 Å². The molecular weight excluding hydrogens is 667 g/mol. The van der Waals surface area contributed by atoms with Crippen LogP contribution in [0.4, 0.5) is 5.82 Å². The molecule has 0 saturated heterocycles. The number of ether oxygens (including phenoxy) is 3. The summed E-state index contributed by atoms with van der Waals surface area (Å²) in [6.07, 6.45) is 8.27. The zero-order valence-electron chi connectivity index (χ0n) is 27.5. The molecule has 3 aromatic carbocycles. The molecule has 3 N–H and O–H groups in total. The molecule has 1 atom stereocenters. The smallest absolute Gasteiger partial charge is 0.204 e. The molecule has 0 amide bonds. The fraction of sp³-hybridized carbons (Fsp3) is 0.158. The number of nitrogens with zero attached hydrogens (tertiary/aromatic N) is 4. The Labute approximate surface area is 293 Å². The molecular formula is C38H35N6O4PS. The molecule has 252 valence electrons. The number of methoxy groups -OCH3 is 2. The fourth-order valence-corrected chi connectivity index (χ4v) is 9.07. The molecule has 50 heavy (non-hydrogen) atoms. The molecule has 7 rings (SSSR count). The van der Waals surface area contributed by atoms with Crippen molar-refractivity contribution in [2.45, 2.75) is 18.9 Å². The van der Waals surface area contributed by atoms with Gasteiger partial charge in [-0.05, 0) is 54.3 Å². The maximum absolute atomic E-state index is 14.9. The lowest BCUT2D eigenvalue weighted by Crippen LogP contribution is -2.39. The number of thiazole rings is 1. The third-order valence-corrected chi connectivity index (χ3v) is 12.1. The van der Waals surface area contributed by atoms with Crippen LogP contribution >= 0.6 is 18.6 Å². The maximum Gasteiger partial charge on any atom is 0.204 e. The molecule has 0 fully saturated rings. The first-order chi connectivity index (χ1) is 24.4. The molecule has 0 bridgehead atoms. The fourth-order valence-electron chi connectivity index (χ4n) is 5.93. The third-order valence-electron chi connectivity index (χ3n) is 8.47. The first-order valence-electron chi connectivity index (χ1n) is 16.0. The Kier molecular flexibility index (Phi) is 9.71. The highest BCUT2D eigenvalue weighted by molar-refractivity contribution is 7.76.